The van der Waals surface area contributed by atoms with Crippen LogP contribution in [0.15, 0.2) is 0 Å². The van der Waals surface area contributed by atoms with Gasteiger partial charge in [0.25, 0.3) is 0 Å². The lowest BCUT2D eigenvalue weighted by Crippen LogP contribution is -2.35. The fourth-order valence-corrected chi connectivity index (χ4v) is 2.43. The molecule has 0 aliphatic rings. The van der Waals surface area contributed by atoms with Crippen LogP contribution in [0.3, 0.4) is 0 Å². The Kier molecular flexibility index (Phi) is 6.56. The number of nitrogens with zero attached hydrogens (tertiary/aromatic N) is 2. The monoisotopic (exact) mass is 287 g/mol. The van der Waals surface area contributed by atoms with Gasteiger partial charge in [-0.3, -0.25) is 0 Å². The van der Waals surface area contributed by atoms with Gasteiger partial charge < -0.3 is 5.32 Å². The van der Waals surface area contributed by atoms with Gasteiger partial charge in [-0.2, -0.15) is 0 Å². The summed E-state index contributed by atoms with van der Waals surface area (Å²) in [5.41, 5.74) is 0. The van der Waals surface area contributed by atoms with Gasteiger partial charge in [-0.15, -0.1) is 0 Å². The van der Waals surface area contributed by atoms with E-state index in [0.717, 1.165) is 8.61 Å². The second-order valence-electron chi connectivity index (χ2n) is 3.95. The molecule has 0 aromatic rings. The molecule has 0 aromatic carbocycles. The summed E-state index contributed by atoms with van der Waals surface area (Å²) in [4.78, 5) is 0. The third-order valence-electron chi connectivity index (χ3n) is 2.19. The molecule has 0 aliphatic carbocycles. The molecule has 0 spiro atoms. The van der Waals surface area contributed by atoms with Crippen LogP contribution in [0.2, 0.25) is 0 Å². The summed E-state index contributed by atoms with van der Waals surface area (Å²) < 4.78 is 47.7. The van der Waals surface area contributed by atoms with Gasteiger partial charge in [-0.1, -0.05) is 0 Å². The lowest BCUT2D eigenvalue weighted by atomic mass is 10.7. The number of nitrogens with one attached hydrogen (secondary N) is 1. The van der Waals surface area contributed by atoms with Crippen LogP contribution in [-0.2, 0) is 20.0 Å². The summed E-state index contributed by atoms with van der Waals surface area (Å²) >= 11 is 0. The van der Waals surface area contributed by atoms with E-state index in [1.54, 1.807) is 0 Å². The van der Waals surface area contributed by atoms with E-state index < -0.39 is 20.0 Å². The Morgan fingerprint density at radius 2 is 1.06 bits per heavy atom. The molecular formula is C8H21N3O4S2. The SMILES string of the molecule is CN(C)S(=O)(=O)CCNCCS(=O)(=O)N(C)C. The van der Waals surface area contributed by atoms with Crippen molar-refractivity contribution in [1.82, 2.24) is 13.9 Å². The molecule has 0 amide bonds. The van der Waals surface area contributed by atoms with E-state index in [-0.39, 0.29) is 24.6 Å². The van der Waals surface area contributed by atoms with E-state index >= 15 is 0 Å². The van der Waals surface area contributed by atoms with Gasteiger partial charge >= 0.3 is 0 Å². The van der Waals surface area contributed by atoms with Crippen molar-refractivity contribution in [3.8, 4) is 0 Å². The summed E-state index contributed by atoms with van der Waals surface area (Å²) in [6, 6.07) is 0. The predicted octanol–water partition coefficient (Wildman–Crippen LogP) is -1.64. The fraction of sp³-hybridized carbons (Fsp3) is 1.00. The molecule has 0 fully saturated rings. The highest BCUT2D eigenvalue weighted by molar-refractivity contribution is 7.89. The van der Waals surface area contributed by atoms with Crippen molar-refractivity contribution in [2.24, 2.45) is 0 Å². The lowest BCUT2D eigenvalue weighted by Gasteiger charge is -2.13. The van der Waals surface area contributed by atoms with Gasteiger partial charge in [-0.25, -0.2) is 25.4 Å². The van der Waals surface area contributed by atoms with E-state index in [0.29, 0.717) is 0 Å². The molecule has 0 bridgehead atoms. The van der Waals surface area contributed by atoms with Crippen molar-refractivity contribution in [3.05, 3.63) is 0 Å². The topological polar surface area (TPSA) is 86.8 Å². The van der Waals surface area contributed by atoms with Crippen LogP contribution in [0.4, 0.5) is 0 Å². The van der Waals surface area contributed by atoms with Crippen LogP contribution in [0.5, 0.6) is 0 Å². The zero-order valence-electron chi connectivity index (χ0n) is 10.7. The molecule has 0 aliphatic heterocycles. The van der Waals surface area contributed by atoms with E-state index in [4.69, 9.17) is 0 Å². The first-order chi connectivity index (χ1) is 7.59. The molecule has 0 rings (SSSR count). The van der Waals surface area contributed by atoms with Crippen LogP contribution >= 0.6 is 0 Å². The lowest BCUT2D eigenvalue weighted by molar-refractivity contribution is 0.514. The molecular weight excluding hydrogens is 266 g/mol. The molecule has 104 valence electrons. The van der Waals surface area contributed by atoms with Gasteiger partial charge in [0, 0.05) is 41.3 Å². The number of hydrogen-bond acceptors (Lipinski definition) is 5. The Balaban J connectivity index is 3.90. The zero-order chi connectivity index (χ0) is 13.7. The smallest absolute Gasteiger partial charge is 0.214 e. The summed E-state index contributed by atoms with van der Waals surface area (Å²) in [6.45, 7) is 0.479. The first-order valence-corrected chi connectivity index (χ1v) is 8.32. The fourth-order valence-electron chi connectivity index (χ4n) is 0.892. The molecule has 0 saturated heterocycles. The Hall–Kier alpha value is -0.220. The van der Waals surface area contributed by atoms with Crippen molar-refractivity contribution in [1.29, 1.82) is 0 Å². The second kappa shape index (κ2) is 6.64. The van der Waals surface area contributed by atoms with Crippen molar-refractivity contribution in [3.63, 3.8) is 0 Å². The number of rotatable bonds is 8. The zero-order valence-corrected chi connectivity index (χ0v) is 12.3. The average molecular weight is 287 g/mol. The summed E-state index contributed by atoms with van der Waals surface area (Å²) in [7, 11) is -0.583. The van der Waals surface area contributed by atoms with E-state index in [2.05, 4.69) is 5.32 Å². The molecule has 0 heterocycles. The molecule has 17 heavy (non-hydrogen) atoms. The third-order valence-corrected chi connectivity index (χ3v) is 5.85. The first-order valence-electron chi connectivity index (χ1n) is 5.11. The molecule has 7 nitrogen and oxygen atoms in total. The van der Waals surface area contributed by atoms with Crippen LogP contribution < -0.4 is 5.32 Å². The van der Waals surface area contributed by atoms with Gasteiger partial charge in [0.1, 0.15) is 0 Å². The van der Waals surface area contributed by atoms with Crippen molar-refractivity contribution in [2.75, 3.05) is 52.8 Å². The standard InChI is InChI=1S/C8H21N3O4S2/c1-10(2)16(12,13)7-5-9-6-8-17(14,15)11(3)4/h9H,5-8H2,1-4H3. The first kappa shape index (κ1) is 16.8. The molecule has 0 radical (unpaired) electrons. The minimum absolute atomic E-state index is 0.0397. The highest BCUT2D eigenvalue weighted by Crippen LogP contribution is 1.94. The van der Waals surface area contributed by atoms with E-state index in [1.165, 1.54) is 28.2 Å². The normalized spacial score (nSPS) is 13.5. The number of hydrogen-bond donors (Lipinski definition) is 1. The minimum Gasteiger partial charge on any atom is -0.315 e. The number of sulfonamides is 2. The Bertz CT molecular complexity index is 374. The van der Waals surface area contributed by atoms with Gasteiger partial charge in [0.15, 0.2) is 0 Å². The second-order valence-corrected chi connectivity index (χ2v) is 8.55. The Morgan fingerprint density at radius 3 is 1.29 bits per heavy atom. The van der Waals surface area contributed by atoms with Gasteiger partial charge in [0.2, 0.25) is 20.0 Å². The molecule has 0 atom stereocenters. The maximum atomic E-state index is 11.4. The Labute approximate surface area is 104 Å². The summed E-state index contributed by atoms with van der Waals surface area (Å²) in [5, 5.41) is 2.80. The maximum Gasteiger partial charge on any atom is 0.214 e. The molecule has 0 saturated carbocycles. The molecule has 0 unspecified atom stereocenters. The highest BCUT2D eigenvalue weighted by Gasteiger charge is 2.14. The third kappa shape index (κ3) is 6.32. The summed E-state index contributed by atoms with van der Waals surface area (Å²) in [6.07, 6.45) is 0. The highest BCUT2D eigenvalue weighted by atomic mass is 32.2. The van der Waals surface area contributed by atoms with Crippen molar-refractivity contribution < 1.29 is 16.8 Å². The van der Waals surface area contributed by atoms with E-state index in [9.17, 15) is 16.8 Å². The van der Waals surface area contributed by atoms with Crippen LogP contribution in [-0.4, -0.2) is 78.2 Å². The quantitative estimate of drug-likeness (QED) is 0.541. The van der Waals surface area contributed by atoms with Gasteiger partial charge in [0.05, 0.1) is 11.5 Å². The van der Waals surface area contributed by atoms with Crippen molar-refractivity contribution >= 4 is 20.0 Å². The average Bonchev–Trinajstić information content (AvgIpc) is 2.16. The largest absolute Gasteiger partial charge is 0.315 e. The maximum absolute atomic E-state index is 11.4. The molecule has 1 N–H and O–H groups in total. The Morgan fingerprint density at radius 1 is 0.765 bits per heavy atom. The van der Waals surface area contributed by atoms with Crippen LogP contribution in [0.1, 0.15) is 0 Å². The van der Waals surface area contributed by atoms with Gasteiger partial charge in [-0.05, 0) is 0 Å². The molecule has 9 heteroatoms. The van der Waals surface area contributed by atoms with E-state index in [1.807, 2.05) is 0 Å². The predicted molar refractivity (Wildman–Crippen MR) is 67.8 cm³/mol. The summed E-state index contributed by atoms with van der Waals surface area (Å²) in [5.74, 6) is -0.0793. The van der Waals surface area contributed by atoms with Crippen LogP contribution in [0, 0.1) is 0 Å². The minimum atomic E-state index is -3.22. The molecule has 0 aromatic heterocycles. The van der Waals surface area contributed by atoms with Crippen molar-refractivity contribution in [2.45, 2.75) is 0 Å². The van der Waals surface area contributed by atoms with Crippen LogP contribution in [0.25, 0.3) is 0 Å².